The van der Waals surface area contributed by atoms with E-state index in [-0.39, 0.29) is 12.3 Å². The van der Waals surface area contributed by atoms with Gasteiger partial charge in [-0.2, -0.15) is 5.10 Å². The Bertz CT molecular complexity index is 1050. The Balaban J connectivity index is 1.59. The third kappa shape index (κ3) is 5.22. The number of carbonyl (C=O) groups excluding carboxylic acids is 2. The van der Waals surface area contributed by atoms with E-state index in [9.17, 15) is 9.59 Å². The highest BCUT2D eigenvalue weighted by Gasteiger charge is 2.15. The van der Waals surface area contributed by atoms with Crippen LogP contribution in [0.1, 0.15) is 33.7 Å². The van der Waals surface area contributed by atoms with Crippen LogP contribution < -0.4 is 20.3 Å². The molecule has 162 valence electrons. The molecule has 0 unspecified atom stereocenters. The number of nitrogens with one attached hydrogen (secondary N) is 2. The number of nitrogens with zero attached hydrogens (tertiary/aromatic N) is 2. The van der Waals surface area contributed by atoms with Crippen LogP contribution in [0.2, 0.25) is 0 Å². The van der Waals surface area contributed by atoms with Crippen LogP contribution in [-0.2, 0) is 11.2 Å². The predicted octanol–water partition coefficient (Wildman–Crippen LogP) is 2.90. The Kier molecular flexibility index (Phi) is 6.92. The number of benzene rings is 2. The minimum Gasteiger partial charge on any atom is -0.497 e. The Morgan fingerprint density at radius 1 is 0.968 bits per heavy atom. The number of para-hydroxylation sites is 1. The highest BCUT2D eigenvalue weighted by Crippen LogP contribution is 2.22. The lowest BCUT2D eigenvalue weighted by molar-refractivity contribution is -0.121. The first-order valence-corrected chi connectivity index (χ1v) is 9.85. The topological polar surface area (TPSA) is 94.5 Å². The van der Waals surface area contributed by atoms with E-state index < -0.39 is 5.91 Å². The van der Waals surface area contributed by atoms with E-state index in [1.165, 1.54) is 14.2 Å². The number of hydrogen-bond acceptors (Lipinski definition) is 5. The average molecular weight is 422 g/mol. The normalized spacial score (nSPS) is 10.5. The van der Waals surface area contributed by atoms with Crippen molar-refractivity contribution in [3.05, 3.63) is 71.0 Å². The molecule has 0 saturated carbocycles. The van der Waals surface area contributed by atoms with Gasteiger partial charge in [0.25, 0.3) is 5.91 Å². The number of methoxy groups -OCH3 is 2. The minimum absolute atomic E-state index is 0.212. The lowest BCUT2D eigenvalue weighted by Crippen LogP contribution is -2.41. The maximum Gasteiger partial charge on any atom is 0.269 e. The molecule has 1 aromatic heterocycles. The second-order valence-corrected chi connectivity index (χ2v) is 7.00. The summed E-state index contributed by atoms with van der Waals surface area (Å²) < 4.78 is 12.2. The molecule has 2 amide bonds. The van der Waals surface area contributed by atoms with Crippen molar-refractivity contribution in [3.63, 3.8) is 0 Å². The van der Waals surface area contributed by atoms with Gasteiger partial charge in [-0.1, -0.05) is 18.2 Å². The van der Waals surface area contributed by atoms with Crippen LogP contribution in [0.25, 0.3) is 5.69 Å². The number of ether oxygens (including phenoxy) is 2. The average Bonchev–Trinajstić information content (AvgIpc) is 3.09. The molecule has 2 aromatic carbocycles. The summed E-state index contributed by atoms with van der Waals surface area (Å²) in [6, 6.07) is 14.6. The SMILES string of the molecule is COc1cc(OC)cc(C(=O)NNC(=O)CCc2c(C)nn(-c3ccccc3)c2C)c1. The van der Waals surface area contributed by atoms with Gasteiger partial charge in [-0.05, 0) is 50.1 Å². The van der Waals surface area contributed by atoms with Gasteiger partial charge < -0.3 is 9.47 Å². The first kappa shape index (κ1) is 21.9. The predicted molar refractivity (Wildman–Crippen MR) is 117 cm³/mol. The maximum atomic E-state index is 12.4. The number of hydrazine groups is 1. The minimum atomic E-state index is -0.463. The molecule has 0 fully saturated rings. The summed E-state index contributed by atoms with van der Waals surface area (Å²) in [6.45, 7) is 3.91. The van der Waals surface area contributed by atoms with E-state index in [4.69, 9.17) is 9.47 Å². The van der Waals surface area contributed by atoms with E-state index in [0.29, 0.717) is 23.5 Å². The van der Waals surface area contributed by atoms with E-state index in [1.807, 2.05) is 48.9 Å². The number of rotatable bonds is 7. The van der Waals surface area contributed by atoms with Crippen molar-refractivity contribution in [2.45, 2.75) is 26.7 Å². The van der Waals surface area contributed by atoms with Gasteiger partial charge in [0.2, 0.25) is 5.91 Å². The fourth-order valence-corrected chi connectivity index (χ4v) is 3.30. The number of carbonyl (C=O) groups is 2. The molecular weight excluding hydrogens is 396 g/mol. The van der Waals surface area contributed by atoms with E-state index in [1.54, 1.807) is 18.2 Å². The molecule has 2 N–H and O–H groups in total. The highest BCUT2D eigenvalue weighted by molar-refractivity contribution is 5.96. The van der Waals surface area contributed by atoms with Crippen LogP contribution >= 0.6 is 0 Å². The Morgan fingerprint density at radius 2 is 1.61 bits per heavy atom. The third-order valence-electron chi connectivity index (χ3n) is 4.97. The molecule has 8 heteroatoms. The van der Waals surface area contributed by atoms with E-state index >= 15 is 0 Å². The number of aromatic nitrogens is 2. The molecule has 0 aliphatic carbocycles. The summed E-state index contributed by atoms with van der Waals surface area (Å²) in [4.78, 5) is 24.7. The second kappa shape index (κ2) is 9.80. The summed E-state index contributed by atoms with van der Waals surface area (Å²) in [5.41, 5.74) is 9.05. The molecule has 8 nitrogen and oxygen atoms in total. The molecule has 31 heavy (non-hydrogen) atoms. The third-order valence-corrected chi connectivity index (χ3v) is 4.97. The molecule has 0 aliphatic heterocycles. The van der Waals surface area contributed by atoms with Crippen molar-refractivity contribution < 1.29 is 19.1 Å². The molecule has 0 spiro atoms. The van der Waals surface area contributed by atoms with E-state index in [2.05, 4.69) is 16.0 Å². The largest absolute Gasteiger partial charge is 0.497 e. The smallest absolute Gasteiger partial charge is 0.269 e. The van der Waals surface area contributed by atoms with Gasteiger partial charge >= 0.3 is 0 Å². The fourth-order valence-electron chi connectivity index (χ4n) is 3.30. The van der Waals surface area contributed by atoms with Gasteiger partial charge in [-0.3, -0.25) is 20.4 Å². The van der Waals surface area contributed by atoms with Crippen molar-refractivity contribution in [1.29, 1.82) is 0 Å². The fraction of sp³-hybridized carbons (Fsp3) is 0.261. The molecule has 0 bridgehead atoms. The first-order valence-electron chi connectivity index (χ1n) is 9.85. The molecule has 1 heterocycles. The highest BCUT2D eigenvalue weighted by atomic mass is 16.5. The Hall–Kier alpha value is -3.81. The molecule has 3 rings (SSSR count). The number of amides is 2. The van der Waals surface area contributed by atoms with Crippen LogP contribution in [-0.4, -0.2) is 35.8 Å². The van der Waals surface area contributed by atoms with Gasteiger partial charge in [0.15, 0.2) is 0 Å². The van der Waals surface area contributed by atoms with Crippen LogP contribution in [0.15, 0.2) is 48.5 Å². The molecule has 0 atom stereocenters. The van der Waals surface area contributed by atoms with Crippen molar-refractivity contribution in [3.8, 4) is 17.2 Å². The Morgan fingerprint density at radius 3 is 2.23 bits per heavy atom. The standard InChI is InChI=1S/C23H26N4O4/c1-15-21(16(2)27(26-15)18-8-6-5-7-9-18)10-11-22(28)24-25-23(29)17-12-19(30-3)14-20(13-17)31-4/h5-9,12-14H,10-11H2,1-4H3,(H,24,28)(H,25,29). The van der Waals surface area contributed by atoms with Crippen LogP contribution in [0.4, 0.5) is 0 Å². The second-order valence-electron chi connectivity index (χ2n) is 7.00. The summed E-state index contributed by atoms with van der Waals surface area (Å²) in [5, 5.41) is 4.60. The van der Waals surface area contributed by atoms with Crippen molar-refractivity contribution >= 4 is 11.8 Å². The first-order chi connectivity index (χ1) is 14.9. The van der Waals surface area contributed by atoms with Crippen molar-refractivity contribution in [1.82, 2.24) is 20.6 Å². The lowest BCUT2D eigenvalue weighted by Gasteiger charge is -2.10. The zero-order chi connectivity index (χ0) is 22.4. The lowest BCUT2D eigenvalue weighted by atomic mass is 10.1. The summed E-state index contributed by atoms with van der Waals surface area (Å²) in [5.74, 6) is 0.207. The Labute approximate surface area is 181 Å². The zero-order valence-corrected chi connectivity index (χ0v) is 18.1. The van der Waals surface area contributed by atoms with Crippen LogP contribution in [0.3, 0.4) is 0 Å². The van der Waals surface area contributed by atoms with Gasteiger partial charge in [0.1, 0.15) is 11.5 Å². The van der Waals surface area contributed by atoms with Crippen molar-refractivity contribution in [2.75, 3.05) is 14.2 Å². The van der Waals surface area contributed by atoms with Gasteiger partial charge in [0, 0.05) is 23.7 Å². The zero-order valence-electron chi connectivity index (χ0n) is 18.1. The molecule has 0 radical (unpaired) electrons. The van der Waals surface area contributed by atoms with Gasteiger partial charge in [-0.25, -0.2) is 4.68 Å². The quantitative estimate of drug-likeness (QED) is 0.571. The van der Waals surface area contributed by atoms with Crippen molar-refractivity contribution in [2.24, 2.45) is 0 Å². The summed E-state index contributed by atoms with van der Waals surface area (Å²) in [6.07, 6.45) is 0.725. The van der Waals surface area contributed by atoms with Gasteiger partial charge in [-0.15, -0.1) is 0 Å². The monoisotopic (exact) mass is 422 g/mol. The molecule has 0 saturated heterocycles. The maximum absolute atomic E-state index is 12.4. The van der Waals surface area contributed by atoms with Crippen LogP contribution in [0, 0.1) is 13.8 Å². The molecular formula is C23H26N4O4. The van der Waals surface area contributed by atoms with Crippen LogP contribution in [0.5, 0.6) is 11.5 Å². The number of aryl methyl sites for hydroxylation is 1. The summed E-state index contributed by atoms with van der Waals surface area (Å²) >= 11 is 0. The number of hydrogen-bond donors (Lipinski definition) is 2. The summed E-state index contributed by atoms with van der Waals surface area (Å²) in [7, 11) is 3.00. The molecule has 0 aliphatic rings. The van der Waals surface area contributed by atoms with Gasteiger partial charge in [0.05, 0.1) is 25.6 Å². The van der Waals surface area contributed by atoms with E-state index in [0.717, 1.165) is 22.6 Å². The molecule has 3 aromatic rings.